The largest absolute Gasteiger partial charge is 0.297 e. The van der Waals surface area contributed by atoms with Gasteiger partial charge in [0.15, 0.2) is 4.96 Å². The Labute approximate surface area is 188 Å². The van der Waals surface area contributed by atoms with Gasteiger partial charge < -0.3 is 0 Å². The van der Waals surface area contributed by atoms with E-state index >= 15 is 0 Å². The Bertz CT molecular complexity index is 617. The topological polar surface area (TPSA) is 17.3 Å². The first kappa shape index (κ1) is 22.4. The number of nitrogens with zero attached hydrogens (tertiary/aromatic N) is 2. The molecular formula is C27H44N2S. The molecule has 3 heteroatoms. The zero-order chi connectivity index (χ0) is 20.4. The van der Waals surface area contributed by atoms with Crippen molar-refractivity contribution in [1.29, 1.82) is 0 Å². The van der Waals surface area contributed by atoms with Crippen molar-refractivity contribution in [1.82, 2.24) is 9.38 Å². The zero-order valence-corrected chi connectivity index (χ0v) is 20.1. The predicted molar refractivity (Wildman–Crippen MR) is 131 cm³/mol. The molecule has 2 nitrogen and oxygen atoms in total. The van der Waals surface area contributed by atoms with Crippen LogP contribution in [0.1, 0.15) is 151 Å². The minimum atomic E-state index is 0.691. The maximum atomic E-state index is 5.17. The Balaban J connectivity index is 1.42. The fraction of sp³-hybridized carbons (Fsp3) is 0.815. The molecule has 0 aliphatic heterocycles. The summed E-state index contributed by atoms with van der Waals surface area (Å²) >= 11 is 1.99. The molecule has 0 radical (unpaired) electrons. The Hall–Kier alpha value is -0.830. The van der Waals surface area contributed by atoms with Crippen LogP contribution in [0, 0.1) is 0 Å². The normalized spacial score (nSPS) is 23.1. The van der Waals surface area contributed by atoms with Gasteiger partial charge in [-0.15, -0.1) is 11.3 Å². The van der Waals surface area contributed by atoms with Crippen LogP contribution in [-0.2, 0) is 0 Å². The van der Waals surface area contributed by atoms with Gasteiger partial charge in [0.1, 0.15) is 0 Å². The number of aromatic nitrogens is 2. The molecule has 2 aromatic rings. The Morgan fingerprint density at radius 3 is 1.47 bits per heavy atom. The summed E-state index contributed by atoms with van der Waals surface area (Å²) in [5.41, 5.74) is 1.38. The maximum absolute atomic E-state index is 5.17. The zero-order valence-electron chi connectivity index (χ0n) is 19.3. The summed E-state index contributed by atoms with van der Waals surface area (Å²) in [5, 5.41) is 0. The highest BCUT2D eigenvalue weighted by Gasteiger charge is 2.20. The standard InChI is InChI=1S/C27H44N2S/c1-2-6-10-14-18-23(17-13-9-5-1)25-21-29-22-26(30-27(29)28-25)24-19-15-11-7-3-4-8-12-16-20-24/h21-24H,1-20H2. The van der Waals surface area contributed by atoms with E-state index < -0.39 is 0 Å². The molecule has 30 heavy (non-hydrogen) atoms. The highest BCUT2D eigenvalue weighted by molar-refractivity contribution is 7.17. The SMILES string of the molecule is c1c(C2CCCCCCCCCC2)nc2sc(C3CCCCCCCCCC3)cn12. The molecular weight excluding hydrogens is 384 g/mol. The summed E-state index contributed by atoms with van der Waals surface area (Å²) in [7, 11) is 0. The van der Waals surface area contributed by atoms with Gasteiger partial charge in [-0.05, 0) is 31.6 Å². The van der Waals surface area contributed by atoms with E-state index in [9.17, 15) is 0 Å². The summed E-state index contributed by atoms with van der Waals surface area (Å²) in [4.78, 5) is 8.03. The molecule has 4 rings (SSSR count). The summed E-state index contributed by atoms with van der Waals surface area (Å²) in [6.45, 7) is 0. The first-order valence-corrected chi connectivity index (χ1v) is 14.2. The summed E-state index contributed by atoms with van der Waals surface area (Å²) in [6, 6.07) is 0. The Morgan fingerprint density at radius 2 is 1.00 bits per heavy atom. The number of thiazole rings is 1. The molecule has 0 saturated heterocycles. The van der Waals surface area contributed by atoms with Gasteiger partial charge in [0.2, 0.25) is 0 Å². The van der Waals surface area contributed by atoms with E-state index in [1.54, 1.807) is 4.88 Å². The molecule has 2 fully saturated rings. The minimum absolute atomic E-state index is 0.691. The van der Waals surface area contributed by atoms with E-state index in [1.165, 1.54) is 139 Å². The number of hydrogen-bond donors (Lipinski definition) is 0. The smallest absolute Gasteiger partial charge is 0.194 e. The molecule has 2 aliphatic carbocycles. The molecule has 0 N–H and O–H groups in total. The van der Waals surface area contributed by atoms with Crippen molar-refractivity contribution in [3.05, 3.63) is 23.0 Å². The van der Waals surface area contributed by atoms with Crippen LogP contribution in [0.4, 0.5) is 0 Å². The first-order valence-electron chi connectivity index (χ1n) is 13.4. The van der Waals surface area contributed by atoms with Gasteiger partial charge in [-0.25, -0.2) is 4.98 Å². The number of hydrogen-bond acceptors (Lipinski definition) is 2. The summed E-state index contributed by atoms with van der Waals surface area (Å²) < 4.78 is 2.38. The molecule has 2 aromatic heterocycles. The van der Waals surface area contributed by atoms with Crippen LogP contribution in [0.15, 0.2) is 12.4 Å². The third kappa shape index (κ3) is 6.58. The second-order valence-corrected chi connectivity index (χ2v) is 11.2. The fourth-order valence-corrected chi connectivity index (χ4v) is 6.91. The van der Waals surface area contributed by atoms with Crippen LogP contribution in [0.3, 0.4) is 0 Å². The van der Waals surface area contributed by atoms with Crippen LogP contribution >= 0.6 is 11.3 Å². The highest BCUT2D eigenvalue weighted by atomic mass is 32.1. The molecule has 168 valence electrons. The van der Waals surface area contributed by atoms with Crippen molar-refractivity contribution in [3.8, 4) is 0 Å². The van der Waals surface area contributed by atoms with E-state index in [1.807, 2.05) is 11.3 Å². The molecule has 2 saturated carbocycles. The Morgan fingerprint density at radius 1 is 0.567 bits per heavy atom. The van der Waals surface area contributed by atoms with Crippen molar-refractivity contribution < 1.29 is 0 Å². The quantitative estimate of drug-likeness (QED) is 0.465. The lowest BCUT2D eigenvalue weighted by Crippen LogP contribution is -2.00. The monoisotopic (exact) mass is 428 g/mol. The van der Waals surface area contributed by atoms with Crippen LogP contribution < -0.4 is 0 Å². The van der Waals surface area contributed by atoms with Crippen molar-refractivity contribution >= 4 is 16.3 Å². The van der Waals surface area contributed by atoms with Gasteiger partial charge in [0, 0.05) is 23.2 Å². The third-order valence-corrected chi connectivity index (χ3v) is 8.88. The molecule has 0 unspecified atom stereocenters. The molecule has 0 atom stereocenters. The van der Waals surface area contributed by atoms with E-state index in [0.717, 1.165) is 5.92 Å². The van der Waals surface area contributed by atoms with Gasteiger partial charge in [-0.3, -0.25) is 4.40 Å². The minimum Gasteiger partial charge on any atom is -0.297 e. The number of imidazole rings is 1. The van der Waals surface area contributed by atoms with Crippen molar-refractivity contribution in [2.24, 2.45) is 0 Å². The molecule has 0 spiro atoms. The molecule has 0 bridgehead atoms. The third-order valence-electron chi connectivity index (χ3n) is 7.72. The van der Waals surface area contributed by atoms with Crippen LogP contribution in [0.25, 0.3) is 4.96 Å². The summed E-state index contributed by atoms with van der Waals surface area (Å²) in [6.07, 6.45) is 33.2. The maximum Gasteiger partial charge on any atom is 0.194 e. The average Bonchev–Trinajstić information content (AvgIpc) is 3.28. The van der Waals surface area contributed by atoms with Gasteiger partial charge >= 0.3 is 0 Å². The first-order chi connectivity index (χ1) is 14.9. The lowest BCUT2D eigenvalue weighted by molar-refractivity contribution is 0.506. The van der Waals surface area contributed by atoms with Crippen LogP contribution in [0.2, 0.25) is 0 Å². The molecule has 0 amide bonds. The van der Waals surface area contributed by atoms with Crippen LogP contribution in [0.5, 0.6) is 0 Å². The predicted octanol–water partition coefficient (Wildman–Crippen LogP) is 9.39. The van der Waals surface area contributed by atoms with E-state index in [4.69, 9.17) is 4.98 Å². The van der Waals surface area contributed by atoms with Crippen molar-refractivity contribution in [2.75, 3.05) is 0 Å². The Kier molecular flexibility index (Phi) is 9.15. The molecule has 0 aromatic carbocycles. The average molecular weight is 429 g/mol. The van der Waals surface area contributed by atoms with Crippen molar-refractivity contribution in [3.63, 3.8) is 0 Å². The lowest BCUT2D eigenvalue weighted by Gasteiger charge is -2.15. The number of fused-ring (bicyclic) bond motifs is 1. The van der Waals surface area contributed by atoms with E-state index in [-0.39, 0.29) is 0 Å². The second kappa shape index (κ2) is 12.3. The van der Waals surface area contributed by atoms with Gasteiger partial charge in [0.05, 0.1) is 5.69 Å². The van der Waals surface area contributed by atoms with E-state index in [0.29, 0.717) is 5.92 Å². The van der Waals surface area contributed by atoms with Gasteiger partial charge in [-0.1, -0.05) is 103 Å². The van der Waals surface area contributed by atoms with Gasteiger partial charge in [-0.2, -0.15) is 0 Å². The highest BCUT2D eigenvalue weighted by Crippen LogP contribution is 2.36. The van der Waals surface area contributed by atoms with Gasteiger partial charge in [0.25, 0.3) is 0 Å². The van der Waals surface area contributed by atoms with Crippen molar-refractivity contribution in [2.45, 2.75) is 140 Å². The van der Waals surface area contributed by atoms with E-state index in [2.05, 4.69) is 16.8 Å². The fourth-order valence-electron chi connectivity index (χ4n) is 5.77. The second-order valence-electron chi connectivity index (χ2n) is 10.2. The lowest BCUT2D eigenvalue weighted by atomic mass is 9.93. The summed E-state index contributed by atoms with van der Waals surface area (Å²) in [5.74, 6) is 1.46. The molecule has 2 aliphatic rings. The molecule has 2 heterocycles. The number of rotatable bonds is 2. The van der Waals surface area contributed by atoms with Crippen LogP contribution in [-0.4, -0.2) is 9.38 Å².